The first-order chi connectivity index (χ1) is 11.8. The van der Waals surface area contributed by atoms with Crippen LogP contribution >= 0.6 is 0 Å². The minimum atomic E-state index is -0.405. The van der Waals surface area contributed by atoms with Crippen LogP contribution in [-0.2, 0) is 11.4 Å². The molecular formula is C18H15FN2O3. The first-order valence-corrected chi connectivity index (χ1v) is 7.27. The SMILES string of the molecule is CON=C(c1ccon1)c1ccccc1COc1ccccc1F. The van der Waals surface area contributed by atoms with Crippen molar-refractivity contribution in [1.82, 2.24) is 5.16 Å². The van der Waals surface area contributed by atoms with E-state index in [4.69, 9.17) is 14.1 Å². The third-order valence-electron chi connectivity index (χ3n) is 3.36. The van der Waals surface area contributed by atoms with Gasteiger partial charge in [0, 0.05) is 11.6 Å². The van der Waals surface area contributed by atoms with Gasteiger partial charge in [0.1, 0.15) is 31.4 Å². The maximum atomic E-state index is 13.7. The van der Waals surface area contributed by atoms with E-state index in [9.17, 15) is 4.39 Å². The Labute approximate surface area is 138 Å². The van der Waals surface area contributed by atoms with Crippen LogP contribution in [0.2, 0.25) is 0 Å². The number of hydrogen-bond donors (Lipinski definition) is 0. The Bertz CT molecular complexity index is 832. The Morgan fingerprint density at radius 3 is 2.67 bits per heavy atom. The van der Waals surface area contributed by atoms with E-state index in [0.29, 0.717) is 11.4 Å². The number of hydrogen-bond acceptors (Lipinski definition) is 5. The van der Waals surface area contributed by atoms with Gasteiger partial charge in [-0.15, -0.1) is 0 Å². The molecule has 0 aliphatic heterocycles. The van der Waals surface area contributed by atoms with Gasteiger partial charge in [0.2, 0.25) is 0 Å². The first-order valence-electron chi connectivity index (χ1n) is 7.27. The molecule has 2 aromatic carbocycles. The van der Waals surface area contributed by atoms with Crippen molar-refractivity contribution in [2.24, 2.45) is 5.16 Å². The number of rotatable bonds is 6. The molecule has 3 rings (SSSR count). The second kappa shape index (κ2) is 7.41. The van der Waals surface area contributed by atoms with Crippen molar-refractivity contribution in [3.63, 3.8) is 0 Å². The summed E-state index contributed by atoms with van der Waals surface area (Å²) in [4.78, 5) is 4.92. The molecule has 0 N–H and O–H groups in total. The van der Waals surface area contributed by atoms with E-state index < -0.39 is 5.82 Å². The van der Waals surface area contributed by atoms with Gasteiger partial charge < -0.3 is 14.1 Å². The van der Waals surface area contributed by atoms with Gasteiger partial charge in [0.25, 0.3) is 0 Å². The fraction of sp³-hybridized carbons (Fsp3) is 0.111. The maximum absolute atomic E-state index is 13.7. The van der Waals surface area contributed by atoms with Crippen molar-refractivity contribution < 1.29 is 18.5 Å². The van der Waals surface area contributed by atoms with Gasteiger partial charge in [0.05, 0.1) is 0 Å². The minimum absolute atomic E-state index is 0.178. The van der Waals surface area contributed by atoms with E-state index in [0.717, 1.165) is 11.1 Å². The Kier molecular flexibility index (Phi) is 4.86. The molecule has 0 saturated carbocycles. The van der Waals surface area contributed by atoms with E-state index in [1.807, 2.05) is 24.3 Å². The van der Waals surface area contributed by atoms with Gasteiger partial charge in [0.15, 0.2) is 11.6 Å². The molecule has 0 bridgehead atoms. The third kappa shape index (κ3) is 3.43. The lowest BCUT2D eigenvalue weighted by Gasteiger charge is -2.12. The first kappa shape index (κ1) is 15.7. The summed E-state index contributed by atoms with van der Waals surface area (Å²) < 4.78 is 24.2. The number of nitrogens with zero attached hydrogens (tertiary/aromatic N) is 2. The summed E-state index contributed by atoms with van der Waals surface area (Å²) in [5, 5.41) is 7.93. The molecule has 1 aromatic heterocycles. The Hall–Kier alpha value is -3.15. The lowest BCUT2D eigenvalue weighted by atomic mass is 10.0. The zero-order valence-corrected chi connectivity index (χ0v) is 13.0. The molecule has 0 aliphatic rings. The van der Waals surface area contributed by atoms with E-state index in [-0.39, 0.29) is 12.4 Å². The van der Waals surface area contributed by atoms with Crippen LogP contribution < -0.4 is 4.74 Å². The normalized spacial score (nSPS) is 11.3. The zero-order valence-electron chi connectivity index (χ0n) is 13.0. The smallest absolute Gasteiger partial charge is 0.165 e. The molecule has 0 amide bonds. The summed E-state index contributed by atoms with van der Waals surface area (Å²) in [6.07, 6.45) is 1.46. The van der Waals surface area contributed by atoms with Crippen LogP contribution in [0.5, 0.6) is 5.75 Å². The van der Waals surface area contributed by atoms with Crippen molar-refractivity contribution in [1.29, 1.82) is 0 Å². The van der Waals surface area contributed by atoms with Crippen molar-refractivity contribution in [2.45, 2.75) is 6.61 Å². The van der Waals surface area contributed by atoms with Crippen molar-refractivity contribution >= 4 is 5.71 Å². The zero-order chi connectivity index (χ0) is 16.8. The molecule has 0 saturated heterocycles. The highest BCUT2D eigenvalue weighted by Crippen LogP contribution is 2.20. The predicted molar refractivity (Wildman–Crippen MR) is 86.3 cm³/mol. The van der Waals surface area contributed by atoms with Gasteiger partial charge >= 0.3 is 0 Å². The summed E-state index contributed by atoms with van der Waals surface area (Å²) in [5.74, 6) is -0.212. The van der Waals surface area contributed by atoms with Crippen molar-refractivity contribution in [3.8, 4) is 5.75 Å². The third-order valence-corrected chi connectivity index (χ3v) is 3.36. The number of benzene rings is 2. The molecule has 6 heteroatoms. The molecule has 0 fully saturated rings. The molecular weight excluding hydrogens is 311 g/mol. The lowest BCUT2D eigenvalue weighted by molar-refractivity contribution is 0.213. The molecule has 0 radical (unpaired) electrons. The highest BCUT2D eigenvalue weighted by atomic mass is 19.1. The summed E-state index contributed by atoms with van der Waals surface area (Å²) >= 11 is 0. The van der Waals surface area contributed by atoms with Gasteiger partial charge in [-0.3, -0.25) is 0 Å². The van der Waals surface area contributed by atoms with Crippen LogP contribution in [0.4, 0.5) is 4.39 Å². The summed E-state index contributed by atoms with van der Waals surface area (Å²) in [6, 6.07) is 15.4. The second-order valence-electron chi connectivity index (χ2n) is 4.88. The van der Waals surface area contributed by atoms with E-state index >= 15 is 0 Å². The van der Waals surface area contributed by atoms with E-state index in [2.05, 4.69) is 10.3 Å². The van der Waals surface area contributed by atoms with Crippen LogP contribution in [0.25, 0.3) is 0 Å². The summed E-state index contributed by atoms with van der Waals surface area (Å²) in [7, 11) is 1.46. The van der Waals surface area contributed by atoms with E-state index in [1.54, 1.807) is 24.3 Å². The van der Waals surface area contributed by atoms with Gasteiger partial charge in [-0.25, -0.2) is 4.39 Å². The molecule has 3 aromatic rings. The largest absolute Gasteiger partial charge is 0.486 e. The van der Waals surface area contributed by atoms with Crippen LogP contribution in [0.1, 0.15) is 16.8 Å². The Balaban J connectivity index is 1.90. The lowest BCUT2D eigenvalue weighted by Crippen LogP contribution is -2.10. The average molecular weight is 326 g/mol. The summed E-state index contributed by atoms with van der Waals surface area (Å²) in [6.45, 7) is 0.178. The van der Waals surface area contributed by atoms with Crippen LogP contribution in [-0.4, -0.2) is 18.0 Å². The fourth-order valence-electron chi connectivity index (χ4n) is 2.25. The predicted octanol–water partition coefficient (Wildman–Crippen LogP) is 3.79. The van der Waals surface area contributed by atoms with E-state index in [1.165, 1.54) is 19.4 Å². The fourth-order valence-corrected chi connectivity index (χ4v) is 2.25. The topological polar surface area (TPSA) is 56.9 Å². The monoisotopic (exact) mass is 326 g/mol. The highest BCUT2D eigenvalue weighted by molar-refractivity contribution is 6.12. The minimum Gasteiger partial charge on any atom is -0.486 e. The van der Waals surface area contributed by atoms with Gasteiger partial charge in [-0.05, 0) is 17.7 Å². The molecule has 1 heterocycles. The number of halogens is 1. The standard InChI is InChI=1S/C18H15FN2O3/c1-22-21-18(16-10-11-24-20-16)14-7-3-2-6-13(14)12-23-17-9-5-4-8-15(17)19/h2-11H,12H2,1H3. The molecule has 24 heavy (non-hydrogen) atoms. The van der Waals surface area contributed by atoms with Crippen LogP contribution in [0, 0.1) is 5.82 Å². The Morgan fingerprint density at radius 2 is 1.92 bits per heavy atom. The average Bonchev–Trinajstić information content (AvgIpc) is 3.14. The number of para-hydroxylation sites is 1. The molecule has 5 nitrogen and oxygen atoms in total. The second-order valence-corrected chi connectivity index (χ2v) is 4.88. The van der Waals surface area contributed by atoms with Crippen molar-refractivity contribution in [3.05, 3.63) is 83.5 Å². The Morgan fingerprint density at radius 1 is 1.12 bits per heavy atom. The van der Waals surface area contributed by atoms with Crippen LogP contribution in [0.15, 0.2) is 70.5 Å². The summed E-state index contributed by atoms with van der Waals surface area (Å²) in [5.41, 5.74) is 2.64. The number of ether oxygens (including phenoxy) is 1. The number of oxime groups is 1. The quantitative estimate of drug-likeness (QED) is 0.511. The molecule has 0 atom stereocenters. The van der Waals surface area contributed by atoms with Gasteiger partial charge in [-0.2, -0.15) is 0 Å². The van der Waals surface area contributed by atoms with Crippen LogP contribution in [0.3, 0.4) is 0 Å². The maximum Gasteiger partial charge on any atom is 0.165 e. The molecule has 0 unspecified atom stereocenters. The molecule has 0 aliphatic carbocycles. The molecule has 0 spiro atoms. The molecule has 122 valence electrons. The van der Waals surface area contributed by atoms with Gasteiger partial charge in [-0.1, -0.05) is 46.7 Å². The highest BCUT2D eigenvalue weighted by Gasteiger charge is 2.16. The van der Waals surface area contributed by atoms with Crippen molar-refractivity contribution in [2.75, 3.05) is 7.11 Å². The number of aromatic nitrogens is 1.